The van der Waals surface area contributed by atoms with E-state index in [-0.39, 0.29) is 0 Å². The summed E-state index contributed by atoms with van der Waals surface area (Å²) in [6.07, 6.45) is 7.32. The van der Waals surface area contributed by atoms with Gasteiger partial charge in [0.2, 0.25) is 0 Å². The van der Waals surface area contributed by atoms with Crippen molar-refractivity contribution in [2.24, 2.45) is 0 Å². The van der Waals surface area contributed by atoms with Gasteiger partial charge in [-0.25, -0.2) is 9.97 Å². The number of aromatic amines is 1. The van der Waals surface area contributed by atoms with Crippen molar-refractivity contribution in [2.45, 2.75) is 12.5 Å². The Hall–Kier alpha value is -2.98. The Balaban J connectivity index is 1.59. The van der Waals surface area contributed by atoms with E-state index >= 15 is 0 Å². The zero-order valence-corrected chi connectivity index (χ0v) is 14.7. The fourth-order valence-corrected chi connectivity index (χ4v) is 4.05. The molecule has 0 amide bonds. The molecule has 4 nitrogen and oxygen atoms in total. The molecule has 2 aromatic heterocycles. The number of aromatic nitrogens is 3. The van der Waals surface area contributed by atoms with Crippen molar-refractivity contribution in [3.8, 4) is 11.1 Å². The van der Waals surface area contributed by atoms with Crippen LogP contribution in [0.25, 0.3) is 22.0 Å². The Morgan fingerprint density at radius 3 is 2.77 bits per heavy atom. The molecule has 128 valence electrons. The molecule has 0 radical (unpaired) electrons. The topological polar surface area (TPSA) is 44.8 Å². The van der Waals surface area contributed by atoms with Gasteiger partial charge in [-0.2, -0.15) is 0 Å². The van der Waals surface area contributed by atoms with Crippen LogP contribution >= 0.6 is 0 Å². The summed E-state index contributed by atoms with van der Waals surface area (Å²) in [5, 5.41) is 1.27. The van der Waals surface area contributed by atoms with Crippen molar-refractivity contribution >= 4 is 10.9 Å². The van der Waals surface area contributed by atoms with Crippen molar-refractivity contribution in [2.75, 3.05) is 13.6 Å². The quantitative estimate of drug-likeness (QED) is 0.595. The second-order valence-electron chi connectivity index (χ2n) is 7.11. The van der Waals surface area contributed by atoms with Gasteiger partial charge < -0.3 is 9.88 Å². The van der Waals surface area contributed by atoms with E-state index in [9.17, 15) is 0 Å². The summed E-state index contributed by atoms with van der Waals surface area (Å²) in [5.41, 5.74) is 7.63. The molecule has 1 atom stereocenters. The van der Waals surface area contributed by atoms with E-state index < -0.39 is 0 Å². The third kappa shape index (κ3) is 2.59. The smallest absolute Gasteiger partial charge is 0.115 e. The van der Waals surface area contributed by atoms with E-state index in [2.05, 4.69) is 69.4 Å². The largest absolute Gasteiger partial charge is 0.361 e. The van der Waals surface area contributed by atoms with Crippen LogP contribution in [-0.4, -0.2) is 33.4 Å². The molecule has 26 heavy (non-hydrogen) atoms. The van der Waals surface area contributed by atoms with Crippen LogP contribution < -0.4 is 0 Å². The highest BCUT2D eigenvalue weighted by molar-refractivity contribution is 5.80. The maximum atomic E-state index is 4.15. The predicted octanol–water partition coefficient (Wildman–Crippen LogP) is 4.20. The minimum absolute atomic E-state index is 0.393. The fourth-order valence-electron chi connectivity index (χ4n) is 4.05. The number of hydrogen-bond acceptors (Lipinski definition) is 3. The number of benzene rings is 2. The van der Waals surface area contributed by atoms with Gasteiger partial charge in [-0.15, -0.1) is 0 Å². The molecule has 0 saturated heterocycles. The van der Waals surface area contributed by atoms with E-state index in [0.717, 1.165) is 18.7 Å². The minimum atomic E-state index is 0.393. The van der Waals surface area contributed by atoms with Crippen molar-refractivity contribution in [3.63, 3.8) is 0 Å². The third-order valence-electron chi connectivity index (χ3n) is 5.33. The lowest BCUT2D eigenvalue weighted by molar-refractivity contribution is 0.295. The van der Waals surface area contributed by atoms with Crippen molar-refractivity contribution in [3.05, 3.63) is 84.1 Å². The highest BCUT2D eigenvalue weighted by Crippen LogP contribution is 2.36. The zero-order valence-electron chi connectivity index (χ0n) is 14.7. The maximum Gasteiger partial charge on any atom is 0.115 e. The molecule has 0 aliphatic carbocycles. The van der Waals surface area contributed by atoms with Crippen LogP contribution in [0.2, 0.25) is 0 Å². The van der Waals surface area contributed by atoms with Gasteiger partial charge in [0.25, 0.3) is 0 Å². The van der Waals surface area contributed by atoms with Crippen molar-refractivity contribution < 1.29 is 0 Å². The lowest BCUT2D eigenvalue weighted by atomic mass is 9.83. The normalized spacial score (nSPS) is 17.3. The van der Waals surface area contributed by atoms with Gasteiger partial charge in [0.1, 0.15) is 6.33 Å². The number of nitrogens with zero attached hydrogens (tertiary/aromatic N) is 3. The molecule has 0 saturated carbocycles. The summed E-state index contributed by atoms with van der Waals surface area (Å²) in [6.45, 7) is 2.01. The minimum Gasteiger partial charge on any atom is -0.361 e. The molecule has 4 aromatic rings. The number of rotatable bonds is 2. The van der Waals surface area contributed by atoms with Crippen LogP contribution in [0.4, 0.5) is 0 Å². The summed E-state index contributed by atoms with van der Waals surface area (Å²) < 4.78 is 0. The van der Waals surface area contributed by atoms with Gasteiger partial charge in [-0.1, -0.05) is 18.2 Å². The lowest BCUT2D eigenvalue weighted by Crippen LogP contribution is -2.31. The second kappa shape index (κ2) is 6.07. The monoisotopic (exact) mass is 340 g/mol. The van der Waals surface area contributed by atoms with Crippen LogP contribution in [0.3, 0.4) is 0 Å². The Bertz CT molecular complexity index is 1070. The first-order valence-electron chi connectivity index (χ1n) is 8.92. The molecule has 5 rings (SSSR count). The number of nitrogens with one attached hydrogen (secondary N) is 1. The molecule has 1 aliphatic rings. The van der Waals surface area contributed by atoms with Gasteiger partial charge in [-0.05, 0) is 59.0 Å². The molecule has 1 unspecified atom stereocenters. The Kier molecular flexibility index (Phi) is 3.57. The lowest BCUT2D eigenvalue weighted by Gasteiger charge is -2.33. The van der Waals surface area contributed by atoms with E-state index in [1.54, 1.807) is 6.33 Å². The van der Waals surface area contributed by atoms with E-state index in [1.807, 2.05) is 18.6 Å². The van der Waals surface area contributed by atoms with Crippen molar-refractivity contribution in [1.82, 2.24) is 19.9 Å². The standard InChI is InChI=1S/C22H20N4/c1-26-12-18-8-15(19-10-23-14-24-11-19)2-4-20(18)21(13-26)16-3-5-22-17(9-16)6-7-25-22/h2-11,14,21,25H,12-13H2,1H3. The molecule has 0 spiro atoms. The molecular formula is C22H20N4. The average Bonchev–Trinajstić information content (AvgIpc) is 3.15. The van der Waals surface area contributed by atoms with Gasteiger partial charge >= 0.3 is 0 Å². The Morgan fingerprint density at radius 1 is 1.00 bits per heavy atom. The Morgan fingerprint density at radius 2 is 1.88 bits per heavy atom. The first-order valence-corrected chi connectivity index (χ1v) is 8.92. The van der Waals surface area contributed by atoms with E-state index in [0.29, 0.717) is 5.92 Å². The van der Waals surface area contributed by atoms with Crippen LogP contribution in [0.1, 0.15) is 22.6 Å². The molecule has 1 N–H and O–H groups in total. The van der Waals surface area contributed by atoms with Crippen LogP contribution in [0, 0.1) is 0 Å². The van der Waals surface area contributed by atoms with Crippen LogP contribution in [0.15, 0.2) is 67.4 Å². The zero-order chi connectivity index (χ0) is 17.5. The maximum absolute atomic E-state index is 4.15. The summed E-state index contributed by atoms with van der Waals surface area (Å²) in [7, 11) is 2.20. The van der Waals surface area contributed by atoms with Crippen molar-refractivity contribution in [1.29, 1.82) is 0 Å². The fraction of sp³-hybridized carbons (Fsp3) is 0.182. The highest BCUT2D eigenvalue weighted by Gasteiger charge is 2.25. The number of hydrogen-bond donors (Lipinski definition) is 1. The molecule has 3 heterocycles. The number of likely N-dealkylation sites (N-methyl/N-ethyl adjacent to an activating group) is 1. The predicted molar refractivity (Wildman–Crippen MR) is 104 cm³/mol. The highest BCUT2D eigenvalue weighted by atomic mass is 15.1. The summed E-state index contributed by atoms with van der Waals surface area (Å²) in [4.78, 5) is 14.0. The SMILES string of the molecule is CN1Cc2cc(-c3cncnc3)ccc2C(c2ccc3[nH]ccc3c2)C1. The van der Waals surface area contributed by atoms with E-state index in [1.165, 1.54) is 33.2 Å². The molecule has 1 aliphatic heterocycles. The van der Waals surface area contributed by atoms with E-state index in [4.69, 9.17) is 0 Å². The van der Waals surface area contributed by atoms with Crippen LogP contribution in [-0.2, 0) is 6.54 Å². The third-order valence-corrected chi connectivity index (χ3v) is 5.33. The van der Waals surface area contributed by atoms with Gasteiger partial charge in [0.05, 0.1) is 0 Å². The molecule has 0 fully saturated rings. The van der Waals surface area contributed by atoms with Gasteiger partial charge in [-0.3, -0.25) is 0 Å². The van der Waals surface area contributed by atoms with Gasteiger partial charge in [0, 0.05) is 48.7 Å². The summed E-state index contributed by atoms with van der Waals surface area (Å²) in [6, 6.07) is 15.7. The molecular weight excluding hydrogens is 320 g/mol. The number of fused-ring (bicyclic) bond motifs is 2. The molecule has 0 bridgehead atoms. The average molecular weight is 340 g/mol. The first-order chi connectivity index (χ1) is 12.8. The number of H-pyrrole nitrogens is 1. The van der Waals surface area contributed by atoms with Crippen LogP contribution in [0.5, 0.6) is 0 Å². The summed E-state index contributed by atoms with van der Waals surface area (Å²) >= 11 is 0. The molecule has 2 aromatic carbocycles. The molecule has 4 heteroatoms. The van der Waals surface area contributed by atoms with Gasteiger partial charge in [0.15, 0.2) is 0 Å². The second-order valence-corrected chi connectivity index (χ2v) is 7.11. The Labute approximate surface area is 152 Å². The summed E-state index contributed by atoms with van der Waals surface area (Å²) in [5.74, 6) is 0.393. The first kappa shape index (κ1) is 15.3.